The minimum absolute atomic E-state index is 0.254. The number of pyridine rings is 1. The molecule has 1 amide bonds. The first-order chi connectivity index (χ1) is 14.6. The average molecular weight is 402 g/mol. The molecule has 0 saturated carbocycles. The van der Waals surface area contributed by atoms with E-state index in [1.165, 1.54) is 0 Å². The molecule has 1 aromatic heterocycles. The zero-order valence-electron chi connectivity index (χ0n) is 16.5. The minimum atomic E-state index is -1.11. The third-order valence-electron chi connectivity index (χ3n) is 5.95. The number of hydrogen-bond donors (Lipinski definition) is 1. The Morgan fingerprint density at radius 3 is 2.33 bits per heavy atom. The van der Waals surface area contributed by atoms with Crippen LogP contribution in [0.15, 0.2) is 90.5 Å². The fourth-order valence-corrected chi connectivity index (χ4v) is 4.64. The van der Waals surface area contributed by atoms with Gasteiger partial charge in [0.2, 0.25) is 5.91 Å². The smallest absolute Gasteiger partial charge is 0.250 e. The number of nitrogens with zero attached hydrogens (tertiary/aromatic N) is 3. The Bertz CT molecular complexity index is 1020. The van der Waals surface area contributed by atoms with Crippen molar-refractivity contribution >= 4 is 5.91 Å². The maximum atomic E-state index is 12.7. The number of primary amides is 1. The first-order valence-corrected chi connectivity index (χ1v) is 9.69. The number of nitrogens with two attached hydrogens (primary N) is 1. The van der Waals surface area contributed by atoms with Crippen molar-refractivity contribution < 1.29 is 9.63 Å². The lowest BCUT2D eigenvalue weighted by Gasteiger charge is -2.42. The maximum absolute atomic E-state index is 12.7. The molecule has 3 aromatic rings. The monoisotopic (exact) mass is 402 g/mol. The molecule has 7 nitrogen and oxygen atoms in total. The standard InChI is InChI=1S/C23H22N4O3/c1-16(17-9-4-2-5-10-17)23(19-12-6-3-7-13-19)20(18-11-8-14-25-15-18)27(26-29)30-21(23)22(24)28/h2-16,20-21H,1H3,(H2,24,28). The number of hydroxylamine groups is 1. The molecule has 4 unspecified atom stereocenters. The summed E-state index contributed by atoms with van der Waals surface area (Å²) in [6.07, 6.45) is 2.19. The normalized spacial score (nSPS) is 24.4. The van der Waals surface area contributed by atoms with Gasteiger partial charge in [-0.1, -0.05) is 73.7 Å². The second-order valence-corrected chi connectivity index (χ2v) is 7.39. The van der Waals surface area contributed by atoms with Crippen LogP contribution < -0.4 is 5.73 Å². The van der Waals surface area contributed by atoms with Crippen molar-refractivity contribution in [1.29, 1.82) is 0 Å². The Balaban J connectivity index is 2.05. The van der Waals surface area contributed by atoms with Crippen molar-refractivity contribution in [1.82, 2.24) is 10.2 Å². The minimum Gasteiger partial charge on any atom is -0.367 e. The molecule has 1 saturated heterocycles. The van der Waals surface area contributed by atoms with Gasteiger partial charge in [-0.25, -0.2) is 4.84 Å². The van der Waals surface area contributed by atoms with E-state index in [2.05, 4.69) is 10.3 Å². The molecule has 152 valence electrons. The van der Waals surface area contributed by atoms with Gasteiger partial charge in [-0.3, -0.25) is 9.78 Å². The summed E-state index contributed by atoms with van der Waals surface area (Å²) in [6, 6.07) is 22.2. The molecule has 0 spiro atoms. The van der Waals surface area contributed by atoms with Crippen LogP contribution in [-0.2, 0) is 15.0 Å². The number of nitroso groups, excluding NO2 is 1. The van der Waals surface area contributed by atoms with E-state index in [4.69, 9.17) is 10.6 Å². The fraction of sp³-hybridized carbons (Fsp3) is 0.217. The van der Waals surface area contributed by atoms with Crippen LogP contribution >= 0.6 is 0 Å². The highest BCUT2D eigenvalue weighted by atomic mass is 16.7. The highest BCUT2D eigenvalue weighted by Crippen LogP contribution is 2.57. The second kappa shape index (κ2) is 8.04. The number of rotatable bonds is 6. The number of amides is 1. The topological polar surface area (TPSA) is 97.9 Å². The molecular weight excluding hydrogens is 380 g/mol. The quantitative estimate of drug-likeness (QED) is 0.635. The van der Waals surface area contributed by atoms with E-state index < -0.39 is 23.5 Å². The van der Waals surface area contributed by atoms with E-state index in [0.29, 0.717) is 5.56 Å². The van der Waals surface area contributed by atoms with Crippen LogP contribution in [0.2, 0.25) is 0 Å². The van der Waals surface area contributed by atoms with Gasteiger partial charge in [0, 0.05) is 12.4 Å². The summed E-state index contributed by atoms with van der Waals surface area (Å²) in [6.45, 7) is 2.01. The maximum Gasteiger partial charge on any atom is 0.250 e. The molecule has 0 bridgehead atoms. The Kier molecular flexibility index (Phi) is 5.29. The van der Waals surface area contributed by atoms with Gasteiger partial charge in [0.25, 0.3) is 0 Å². The van der Waals surface area contributed by atoms with E-state index in [0.717, 1.165) is 16.3 Å². The van der Waals surface area contributed by atoms with E-state index in [1.54, 1.807) is 18.5 Å². The van der Waals surface area contributed by atoms with Crippen LogP contribution in [0.25, 0.3) is 0 Å². The molecular formula is C23H22N4O3. The molecule has 4 rings (SSSR count). The van der Waals surface area contributed by atoms with E-state index in [-0.39, 0.29) is 5.92 Å². The number of carbonyl (C=O) groups is 1. The third kappa shape index (κ3) is 3.04. The third-order valence-corrected chi connectivity index (χ3v) is 5.95. The zero-order valence-corrected chi connectivity index (χ0v) is 16.5. The lowest BCUT2D eigenvalue weighted by atomic mass is 9.60. The van der Waals surface area contributed by atoms with Gasteiger partial charge in [0.05, 0.1) is 10.7 Å². The number of benzene rings is 2. The molecule has 1 aliphatic heterocycles. The highest BCUT2D eigenvalue weighted by Gasteiger charge is 2.63. The molecule has 4 atom stereocenters. The molecule has 0 radical (unpaired) electrons. The van der Waals surface area contributed by atoms with Gasteiger partial charge in [0.1, 0.15) is 6.04 Å². The lowest BCUT2D eigenvalue weighted by molar-refractivity contribution is -0.174. The second-order valence-electron chi connectivity index (χ2n) is 7.39. The van der Waals surface area contributed by atoms with Crippen LogP contribution in [0.4, 0.5) is 0 Å². The first kappa shape index (κ1) is 19.7. The summed E-state index contributed by atoms with van der Waals surface area (Å²) in [4.78, 5) is 34.5. The first-order valence-electron chi connectivity index (χ1n) is 9.69. The molecule has 7 heteroatoms. The summed E-state index contributed by atoms with van der Waals surface area (Å²) in [5.41, 5.74) is 7.32. The summed E-state index contributed by atoms with van der Waals surface area (Å²) in [5, 5.41) is 4.06. The van der Waals surface area contributed by atoms with Crippen molar-refractivity contribution in [3.05, 3.63) is 107 Å². The molecule has 1 aliphatic rings. The van der Waals surface area contributed by atoms with E-state index >= 15 is 0 Å². The van der Waals surface area contributed by atoms with Crippen LogP contribution in [-0.4, -0.2) is 22.2 Å². The summed E-state index contributed by atoms with van der Waals surface area (Å²) < 4.78 is 0. The largest absolute Gasteiger partial charge is 0.367 e. The lowest BCUT2D eigenvalue weighted by Crippen LogP contribution is -2.50. The van der Waals surface area contributed by atoms with Crippen molar-refractivity contribution in [2.24, 2.45) is 11.0 Å². The molecule has 0 aliphatic carbocycles. The zero-order chi connectivity index (χ0) is 21.1. The predicted molar refractivity (Wildman–Crippen MR) is 112 cm³/mol. The van der Waals surface area contributed by atoms with Crippen LogP contribution in [0.5, 0.6) is 0 Å². The van der Waals surface area contributed by atoms with Gasteiger partial charge >= 0.3 is 0 Å². The summed E-state index contributed by atoms with van der Waals surface area (Å²) in [7, 11) is 0. The molecule has 1 fully saturated rings. The molecule has 2 N–H and O–H groups in total. The average Bonchev–Trinajstić information content (AvgIpc) is 3.17. The highest BCUT2D eigenvalue weighted by molar-refractivity contribution is 5.82. The number of carbonyl (C=O) groups excluding carboxylic acids is 1. The van der Waals surface area contributed by atoms with Crippen molar-refractivity contribution in [3.63, 3.8) is 0 Å². The fourth-order valence-electron chi connectivity index (χ4n) is 4.64. The van der Waals surface area contributed by atoms with Crippen molar-refractivity contribution in [3.8, 4) is 0 Å². The predicted octanol–water partition coefficient (Wildman–Crippen LogP) is 3.65. The number of hydrogen-bond acceptors (Lipinski definition) is 5. The van der Waals surface area contributed by atoms with E-state index in [1.807, 2.05) is 73.7 Å². The van der Waals surface area contributed by atoms with Gasteiger partial charge < -0.3 is 5.73 Å². The Morgan fingerprint density at radius 1 is 1.10 bits per heavy atom. The molecule has 30 heavy (non-hydrogen) atoms. The summed E-state index contributed by atoms with van der Waals surface area (Å²) >= 11 is 0. The van der Waals surface area contributed by atoms with Crippen molar-refractivity contribution in [2.45, 2.75) is 30.4 Å². The SMILES string of the molecule is CC(c1ccccc1)C1(c2ccccc2)C(C(N)=O)ON(N=O)C1c1cccnc1. The van der Waals surface area contributed by atoms with Crippen LogP contribution in [0.3, 0.4) is 0 Å². The Hall–Kier alpha value is -3.58. The Morgan fingerprint density at radius 2 is 1.77 bits per heavy atom. The van der Waals surface area contributed by atoms with Crippen molar-refractivity contribution in [2.75, 3.05) is 0 Å². The van der Waals surface area contributed by atoms with Gasteiger partial charge in [-0.05, 0) is 28.7 Å². The molecule has 2 heterocycles. The van der Waals surface area contributed by atoms with Gasteiger partial charge in [-0.2, -0.15) is 0 Å². The summed E-state index contributed by atoms with van der Waals surface area (Å²) in [5.74, 6) is -0.919. The van der Waals surface area contributed by atoms with Crippen LogP contribution in [0, 0.1) is 4.91 Å². The van der Waals surface area contributed by atoms with E-state index in [9.17, 15) is 9.70 Å². The molecule has 2 aromatic carbocycles. The number of aromatic nitrogens is 1. The Labute approximate surface area is 174 Å². The van der Waals surface area contributed by atoms with Gasteiger partial charge in [-0.15, -0.1) is 10.1 Å². The van der Waals surface area contributed by atoms with Crippen LogP contribution in [0.1, 0.15) is 35.6 Å². The van der Waals surface area contributed by atoms with Gasteiger partial charge in [0.15, 0.2) is 6.10 Å².